The van der Waals surface area contributed by atoms with Gasteiger partial charge in [-0.15, -0.1) is 0 Å². The van der Waals surface area contributed by atoms with E-state index < -0.39 is 0 Å². The molecule has 94 valence electrons. The van der Waals surface area contributed by atoms with Gasteiger partial charge in [-0.1, -0.05) is 13.0 Å². The fraction of sp³-hybridized carbons (Fsp3) is 0.250. The number of ether oxygens (including phenoxy) is 1. The van der Waals surface area contributed by atoms with Crippen molar-refractivity contribution in [1.82, 2.24) is 15.0 Å². The molecule has 2 heterocycles. The first-order chi connectivity index (χ1) is 8.65. The lowest BCUT2D eigenvalue weighted by atomic mass is 10.3. The molecule has 0 unspecified atom stereocenters. The van der Waals surface area contributed by atoms with E-state index >= 15 is 0 Å². The third kappa shape index (κ3) is 2.53. The molecule has 0 aliphatic rings. The Morgan fingerprint density at radius 3 is 2.72 bits per heavy atom. The number of hydrogen-bond donors (Lipinski definition) is 1. The Balaban J connectivity index is 2.53. The van der Waals surface area contributed by atoms with E-state index in [1.54, 1.807) is 13.2 Å². The molecule has 2 aromatic heterocycles. The molecule has 0 bridgehead atoms. The molecule has 0 radical (unpaired) electrons. The third-order valence-electron chi connectivity index (χ3n) is 2.44. The number of nitrogens with two attached hydrogens (primary N) is 1. The van der Waals surface area contributed by atoms with E-state index in [1.807, 2.05) is 19.1 Å². The van der Waals surface area contributed by atoms with E-state index in [2.05, 4.69) is 37.5 Å². The SMILES string of the molecule is CCc1nc(-c2cccc(OC)n2)nc(N)c1I. The maximum absolute atomic E-state index is 5.89. The van der Waals surface area contributed by atoms with Gasteiger partial charge in [0.25, 0.3) is 0 Å². The lowest BCUT2D eigenvalue weighted by Crippen LogP contribution is -2.05. The summed E-state index contributed by atoms with van der Waals surface area (Å²) in [6.07, 6.45) is 0.808. The third-order valence-corrected chi connectivity index (χ3v) is 3.62. The number of pyridine rings is 1. The summed E-state index contributed by atoms with van der Waals surface area (Å²) >= 11 is 2.16. The normalized spacial score (nSPS) is 10.4. The minimum atomic E-state index is 0.488. The van der Waals surface area contributed by atoms with Crippen LogP contribution >= 0.6 is 22.6 Å². The molecular weight excluding hydrogens is 343 g/mol. The van der Waals surface area contributed by atoms with Crippen molar-refractivity contribution in [1.29, 1.82) is 0 Å². The maximum atomic E-state index is 5.89. The van der Waals surface area contributed by atoms with Crippen LogP contribution in [-0.4, -0.2) is 22.1 Å². The van der Waals surface area contributed by atoms with Crippen LogP contribution in [0, 0.1) is 3.57 Å². The molecule has 0 aliphatic heterocycles. The quantitative estimate of drug-likeness (QED) is 0.855. The van der Waals surface area contributed by atoms with Crippen molar-refractivity contribution in [2.24, 2.45) is 0 Å². The summed E-state index contributed by atoms with van der Waals surface area (Å²) in [5.41, 5.74) is 7.48. The lowest BCUT2D eigenvalue weighted by Gasteiger charge is -2.07. The molecule has 0 saturated carbocycles. The molecule has 0 atom stereocenters. The zero-order valence-electron chi connectivity index (χ0n) is 10.1. The van der Waals surface area contributed by atoms with Crippen molar-refractivity contribution in [2.75, 3.05) is 12.8 Å². The number of rotatable bonds is 3. The van der Waals surface area contributed by atoms with Crippen LogP contribution in [0.15, 0.2) is 18.2 Å². The monoisotopic (exact) mass is 356 g/mol. The number of hydrogen-bond acceptors (Lipinski definition) is 5. The minimum absolute atomic E-state index is 0.488. The number of aromatic nitrogens is 3. The van der Waals surface area contributed by atoms with Gasteiger partial charge in [-0.25, -0.2) is 15.0 Å². The summed E-state index contributed by atoms with van der Waals surface area (Å²) in [6.45, 7) is 2.03. The molecular formula is C12H13IN4O. The molecule has 18 heavy (non-hydrogen) atoms. The lowest BCUT2D eigenvalue weighted by molar-refractivity contribution is 0.398. The van der Waals surface area contributed by atoms with E-state index in [0.717, 1.165) is 15.7 Å². The van der Waals surface area contributed by atoms with Gasteiger partial charge in [-0.2, -0.15) is 0 Å². The summed E-state index contributed by atoms with van der Waals surface area (Å²) < 4.78 is 5.99. The van der Waals surface area contributed by atoms with Crippen LogP contribution in [-0.2, 0) is 6.42 Å². The van der Waals surface area contributed by atoms with Crippen LogP contribution in [0.5, 0.6) is 5.88 Å². The molecule has 0 aliphatic carbocycles. The Morgan fingerprint density at radius 2 is 2.06 bits per heavy atom. The Bertz CT molecular complexity index is 574. The number of aryl methyl sites for hydroxylation is 1. The molecule has 2 rings (SSSR count). The van der Waals surface area contributed by atoms with Gasteiger partial charge < -0.3 is 10.5 Å². The second-order valence-electron chi connectivity index (χ2n) is 3.61. The zero-order valence-corrected chi connectivity index (χ0v) is 12.3. The predicted octanol–water partition coefficient (Wildman–Crippen LogP) is 2.30. The van der Waals surface area contributed by atoms with Gasteiger partial charge in [-0.3, -0.25) is 0 Å². The Labute approximate surface area is 119 Å². The molecule has 0 spiro atoms. The molecule has 0 aromatic carbocycles. The van der Waals surface area contributed by atoms with Gasteiger partial charge in [0.15, 0.2) is 5.82 Å². The highest BCUT2D eigenvalue weighted by atomic mass is 127. The predicted molar refractivity (Wildman–Crippen MR) is 78.3 cm³/mol. The van der Waals surface area contributed by atoms with Crippen molar-refractivity contribution in [3.05, 3.63) is 27.5 Å². The first kappa shape index (κ1) is 13.0. The molecule has 0 amide bonds. The van der Waals surface area contributed by atoms with Crippen molar-refractivity contribution in [3.63, 3.8) is 0 Å². The van der Waals surface area contributed by atoms with Crippen molar-refractivity contribution < 1.29 is 4.74 Å². The largest absolute Gasteiger partial charge is 0.481 e. The fourth-order valence-electron chi connectivity index (χ4n) is 1.51. The van der Waals surface area contributed by atoms with E-state index in [0.29, 0.717) is 23.2 Å². The molecule has 2 aromatic rings. The minimum Gasteiger partial charge on any atom is -0.481 e. The molecule has 0 fully saturated rings. The molecule has 2 N–H and O–H groups in total. The van der Waals surface area contributed by atoms with E-state index in [4.69, 9.17) is 10.5 Å². The van der Waals surface area contributed by atoms with Crippen molar-refractivity contribution in [2.45, 2.75) is 13.3 Å². The van der Waals surface area contributed by atoms with Gasteiger partial charge in [0.2, 0.25) is 5.88 Å². The van der Waals surface area contributed by atoms with E-state index in [-0.39, 0.29) is 0 Å². The van der Waals surface area contributed by atoms with E-state index in [9.17, 15) is 0 Å². The Morgan fingerprint density at radius 1 is 1.28 bits per heavy atom. The second-order valence-corrected chi connectivity index (χ2v) is 4.69. The van der Waals surface area contributed by atoms with Crippen LogP contribution in [0.25, 0.3) is 11.5 Å². The number of anilines is 1. The molecule has 5 nitrogen and oxygen atoms in total. The van der Waals surface area contributed by atoms with Gasteiger partial charge in [-0.05, 0) is 35.1 Å². The average Bonchev–Trinajstić information content (AvgIpc) is 2.41. The average molecular weight is 356 g/mol. The van der Waals surface area contributed by atoms with Crippen molar-refractivity contribution in [3.8, 4) is 17.4 Å². The second kappa shape index (κ2) is 5.47. The first-order valence-corrected chi connectivity index (χ1v) is 6.57. The highest BCUT2D eigenvalue weighted by molar-refractivity contribution is 14.1. The van der Waals surface area contributed by atoms with E-state index in [1.165, 1.54) is 0 Å². The highest BCUT2D eigenvalue weighted by Gasteiger charge is 2.11. The summed E-state index contributed by atoms with van der Waals surface area (Å²) in [4.78, 5) is 13.1. The van der Waals surface area contributed by atoms with Gasteiger partial charge >= 0.3 is 0 Å². The van der Waals surface area contributed by atoms with Gasteiger partial charge in [0, 0.05) is 6.07 Å². The number of methoxy groups -OCH3 is 1. The molecule has 0 saturated heterocycles. The zero-order chi connectivity index (χ0) is 13.1. The number of nitrogens with zero attached hydrogens (tertiary/aromatic N) is 3. The van der Waals surface area contributed by atoms with Crippen LogP contribution in [0.1, 0.15) is 12.6 Å². The highest BCUT2D eigenvalue weighted by Crippen LogP contribution is 2.22. The molecule has 6 heteroatoms. The summed E-state index contributed by atoms with van der Waals surface area (Å²) in [5, 5.41) is 0. The van der Waals surface area contributed by atoms with Crippen LogP contribution in [0.4, 0.5) is 5.82 Å². The number of halogens is 1. The van der Waals surface area contributed by atoms with Crippen LogP contribution in [0.2, 0.25) is 0 Å². The van der Waals surface area contributed by atoms with Gasteiger partial charge in [0.1, 0.15) is 11.5 Å². The van der Waals surface area contributed by atoms with Crippen LogP contribution in [0.3, 0.4) is 0 Å². The summed E-state index contributed by atoms with van der Waals surface area (Å²) in [7, 11) is 1.58. The van der Waals surface area contributed by atoms with Gasteiger partial charge in [0.05, 0.1) is 16.4 Å². The summed E-state index contributed by atoms with van der Waals surface area (Å²) in [5.74, 6) is 1.55. The fourth-order valence-corrected chi connectivity index (χ4v) is 2.14. The smallest absolute Gasteiger partial charge is 0.213 e. The van der Waals surface area contributed by atoms with Crippen molar-refractivity contribution >= 4 is 28.4 Å². The maximum Gasteiger partial charge on any atom is 0.213 e. The Hall–Kier alpha value is -1.44. The first-order valence-electron chi connectivity index (χ1n) is 5.49. The van der Waals surface area contributed by atoms with Crippen LogP contribution < -0.4 is 10.5 Å². The topological polar surface area (TPSA) is 73.9 Å². The Kier molecular flexibility index (Phi) is 3.95. The standard InChI is InChI=1S/C12H13IN4O/c1-3-7-10(13)11(14)17-12(16-7)8-5-4-6-9(15-8)18-2/h4-6H,3H2,1-2H3,(H2,14,16,17). The summed E-state index contributed by atoms with van der Waals surface area (Å²) in [6, 6.07) is 5.47. The number of nitrogen functional groups attached to an aromatic ring is 1.